The fourth-order valence-corrected chi connectivity index (χ4v) is 1.59. The number of para-hydroxylation sites is 2. The third kappa shape index (κ3) is 8.01. The summed E-state index contributed by atoms with van der Waals surface area (Å²) in [7, 11) is 0. The molecule has 0 N–H and O–H groups in total. The molecular formula is C20H16IrN2-2. The number of fused-ring (bicyclic) bond motifs is 1. The first-order valence-electron chi connectivity index (χ1n) is 6.95. The van der Waals surface area contributed by atoms with Gasteiger partial charge in [-0.3, -0.25) is 9.97 Å². The van der Waals surface area contributed by atoms with E-state index in [1.807, 2.05) is 84.9 Å². The summed E-state index contributed by atoms with van der Waals surface area (Å²) >= 11 is 0. The normalized spacial score (nSPS) is 8.52. The van der Waals surface area contributed by atoms with Crippen molar-refractivity contribution in [2.24, 2.45) is 0 Å². The standard InChI is InChI=1S/C8H6N2.2C6H5.Ir/c1-2-4-8-7(3-1)9-5-6-10-8;2*1-2-4-6-5-3-1;/h1-6H;2*1-5H;/q;2*-1;. The van der Waals surface area contributed by atoms with E-state index >= 15 is 0 Å². The van der Waals surface area contributed by atoms with Crippen LogP contribution in [0.25, 0.3) is 11.0 Å². The molecule has 0 unspecified atom stereocenters. The molecule has 0 aliphatic rings. The van der Waals surface area contributed by atoms with Gasteiger partial charge in [0.15, 0.2) is 0 Å². The molecule has 4 rings (SSSR count). The maximum atomic E-state index is 4.12. The second-order valence-corrected chi connectivity index (χ2v) is 4.20. The van der Waals surface area contributed by atoms with E-state index in [1.54, 1.807) is 12.4 Å². The van der Waals surface area contributed by atoms with Crippen molar-refractivity contribution in [1.82, 2.24) is 9.97 Å². The number of nitrogens with zero attached hydrogens (tertiary/aromatic N) is 2. The van der Waals surface area contributed by atoms with Gasteiger partial charge in [0.1, 0.15) is 0 Å². The van der Waals surface area contributed by atoms with Gasteiger partial charge in [-0.15, -0.1) is 0 Å². The largest absolute Gasteiger partial charge is 0.253 e. The van der Waals surface area contributed by atoms with Crippen LogP contribution in [0.3, 0.4) is 0 Å². The first kappa shape index (κ1) is 18.7. The van der Waals surface area contributed by atoms with Crippen LogP contribution in [0, 0.1) is 12.1 Å². The van der Waals surface area contributed by atoms with Crippen molar-refractivity contribution in [1.29, 1.82) is 0 Å². The third-order valence-electron chi connectivity index (χ3n) is 2.59. The van der Waals surface area contributed by atoms with Crippen LogP contribution in [0.15, 0.2) is 97.3 Å². The van der Waals surface area contributed by atoms with Crippen LogP contribution in [0.2, 0.25) is 0 Å². The van der Waals surface area contributed by atoms with Gasteiger partial charge in [0.25, 0.3) is 0 Å². The second-order valence-electron chi connectivity index (χ2n) is 4.20. The molecule has 1 radical (unpaired) electrons. The molecule has 2 nitrogen and oxygen atoms in total. The van der Waals surface area contributed by atoms with Crippen molar-refractivity contribution in [3.63, 3.8) is 0 Å². The van der Waals surface area contributed by atoms with Crippen LogP contribution >= 0.6 is 0 Å². The van der Waals surface area contributed by atoms with E-state index in [0.29, 0.717) is 0 Å². The molecule has 0 fully saturated rings. The monoisotopic (exact) mass is 477 g/mol. The number of benzene rings is 3. The maximum Gasteiger partial charge on any atom is 0.0886 e. The molecule has 1 aromatic heterocycles. The molecule has 3 aromatic carbocycles. The van der Waals surface area contributed by atoms with Gasteiger partial charge < -0.3 is 0 Å². The molecule has 0 saturated carbocycles. The van der Waals surface area contributed by atoms with Gasteiger partial charge in [-0.05, 0) is 12.1 Å². The van der Waals surface area contributed by atoms with Gasteiger partial charge in [-0.25, -0.2) is 0 Å². The minimum atomic E-state index is 0. The summed E-state index contributed by atoms with van der Waals surface area (Å²) in [5.41, 5.74) is 1.90. The van der Waals surface area contributed by atoms with Crippen molar-refractivity contribution >= 4 is 11.0 Å². The molecule has 0 amide bonds. The van der Waals surface area contributed by atoms with Gasteiger partial charge in [0.05, 0.1) is 11.0 Å². The first-order chi connectivity index (χ1) is 11.0. The molecule has 23 heavy (non-hydrogen) atoms. The van der Waals surface area contributed by atoms with Crippen molar-refractivity contribution in [3.05, 3.63) is 109 Å². The number of rotatable bonds is 0. The van der Waals surface area contributed by atoms with Crippen LogP contribution in [-0.4, -0.2) is 9.97 Å². The van der Waals surface area contributed by atoms with Gasteiger partial charge in [0.2, 0.25) is 0 Å². The molecule has 4 aromatic rings. The Hall–Kier alpha value is -2.35. The van der Waals surface area contributed by atoms with Crippen LogP contribution < -0.4 is 0 Å². The van der Waals surface area contributed by atoms with E-state index < -0.39 is 0 Å². The summed E-state index contributed by atoms with van der Waals surface area (Å²) in [4.78, 5) is 8.24. The van der Waals surface area contributed by atoms with E-state index in [-0.39, 0.29) is 20.1 Å². The number of hydrogen-bond donors (Lipinski definition) is 0. The summed E-state index contributed by atoms with van der Waals surface area (Å²) < 4.78 is 0. The minimum Gasteiger partial charge on any atom is -0.253 e. The molecule has 1 heterocycles. The Kier molecular flexibility index (Phi) is 9.93. The Balaban J connectivity index is 0.000000178. The quantitative estimate of drug-likeness (QED) is 0.347. The molecule has 3 heteroatoms. The molecule has 0 bridgehead atoms. The summed E-state index contributed by atoms with van der Waals surface area (Å²) in [6, 6.07) is 32.8. The molecular weight excluding hydrogens is 460 g/mol. The number of hydrogen-bond acceptors (Lipinski definition) is 2. The third-order valence-corrected chi connectivity index (χ3v) is 2.59. The van der Waals surface area contributed by atoms with Gasteiger partial charge in [0, 0.05) is 32.5 Å². The maximum absolute atomic E-state index is 4.12. The summed E-state index contributed by atoms with van der Waals surface area (Å²) in [6.45, 7) is 0. The summed E-state index contributed by atoms with van der Waals surface area (Å²) in [6.07, 6.45) is 3.39. The first-order valence-corrected chi connectivity index (χ1v) is 6.95. The zero-order valence-corrected chi connectivity index (χ0v) is 14.9. The summed E-state index contributed by atoms with van der Waals surface area (Å²) in [5, 5.41) is 0. The predicted molar refractivity (Wildman–Crippen MR) is 90.1 cm³/mol. The van der Waals surface area contributed by atoms with E-state index in [1.165, 1.54) is 0 Å². The van der Waals surface area contributed by atoms with Crippen molar-refractivity contribution < 1.29 is 20.1 Å². The Morgan fingerprint density at radius 3 is 1.17 bits per heavy atom. The smallest absolute Gasteiger partial charge is 0.0886 e. The van der Waals surface area contributed by atoms with Crippen LogP contribution in [0.4, 0.5) is 0 Å². The van der Waals surface area contributed by atoms with Crippen molar-refractivity contribution in [2.45, 2.75) is 0 Å². The Morgan fingerprint density at radius 1 is 0.522 bits per heavy atom. The van der Waals surface area contributed by atoms with E-state index in [2.05, 4.69) is 22.1 Å². The molecule has 0 spiro atoms. The topological polar surface area (TPSA) is 25.8 Å². The average molecular weight is 477 g/mol. The van der Waals surface area contributed by atoms with E-state index in [4.69, 9.17) is 0 Å². The molecule has 117 valence electrons. The Labute approximate surface area is 150 Å². The van der Waals surface area contributed by atoms with Crippen LogP contribution in [0.1, 0.15) is 0 Å². The van der Waals surface area contributed by atoms with Crippen LogP contribution in [-0.2, 0) is 20.1 Å². The second kappa shape index (κ2) is 12.2. The van der Waals surface area contributed by atoms with Gasteiger partial charge >= 0.3 is 0 Å². The predicted octanol–water partition coefficient (Wildman–Crippen LogP) is 4.60. The molecule has 0 aliphatic heterocycles. The molecule has 0 aliphatic carbocycles. The minimum absolute atomic E-state index is 0. The Bertz CT molecular complexity index is 596. The van der Waals surface area contributed by atoms with E-state index in [9.17, 15) is 0 Å². The van der Waals surface area contributed by atoms with Gasteiger partial charge in [-0.1, -0.05) is 12.1 Å². The van der Waals surface area contributed by atoms with Crippen molar-refractivity contribution in [2.75, 3.05) is 0 Å². The zero-order chi connectivity index (χ0) is 15.3. The van der Waals surface area contributed by atoms with Gasteiger partial charge in [-0.2, -0.15) is 72.8 Å². The molecule has 0 saturated heterocycles. The van der Waals surface area contributed by atoms with Crippen molar-refractivity contribution in [3.8, 4) is 0 Å². The summed E-state index contributed by atoms with van der Waals surface area (Å²) in [5.74, 6) is 0. The van der Waals surface area contributed by atoms with E-state index in [0.717, 1.165) is 11.0 Å². The average Bonchev–Trinajstić information content (AvgIpc) is 2.66. The number of aromatic nitrogens is 2. The SMILES string of the molecule is [Ir].[c-]1ccccc1.[c-]1ccccc1.c1ccc2nccnc2c1. The Morgan fingerprint density at radius 2 is 0.913 bits per heavy atom. The molecule has 0 atom stereocenters. The fourth-order valence-electron chi connectivity index (χ4n) is 1.59. The zero-order valence-electron chi connectivity index (χ0n) is 12.5. The fraction of sp³-hybridized carbons (Fsp3) is 0. The van der Waals surface area contributed by atoms with Crippen LogP contribution in [0.5, 0.6) is 0 Å².